The number of benzene rings is 9. The number of hydrogen-bond acceptors (Lipinski definition) is 2. The molecule has 10 aromatic rings. The number of hydrogen-bond donors (Lipinski definition) is 1. The summed E-state index contributed by atoms with van der Waals surface area (Å²) in [6.07, 6.45) is 4.71. The summed E-state index contributed by atoms with van der Waals surface area (Å²) in [6.45, 7) is 19.6. The standard InChI is InChI=1S/C66H62BN3/c1-63(2)33-34-64(3,4)52-37-42(28-32-51(52)63)68-56-38-45(69(43-20-11-9-12-21-43)44-22-13-10-14-23-44)29-31-49(56)58-47-25-17-18-26-48(47)59-50-30-27-41-19-15-16-24-46(41)61(50)70-57-40-54-53(39-55(57)67-60(58)62(59)70)65(5,6)35-36-66(54,7)8/h9-32,37-40,67-68H,33-36H2,1-8H3. The van der Waals surface area contributed by atoms with Crippen molar-refractivity contribution < 1.29 is 0 Å². The zero-order valence-corrected chi connectivity index (χ0v) is 42.1. The summed E-state index contributed by atoms with van der Waals surface area (Å²) >= 11 is 0. The maximum absolute atomic E-state index is 4.18. The fourth-order valence-electron chi connectivity index (χ4n) is 13.1. The summed E-state index contributed by atoms with van der Waals surface area (Å²) in [4.78, 5) is 2.39. The molecule has 2 aliphatic carbocycles. The van der Waals surface area contributed by atoms with Gasteiger partial charge in [-0.2, -0.15) is 0 Å². The topological polar surface area (TPSA) is 20.2 Å². The molecule has 70 heavy (non-hydrogen) atoms. The number of anilines is 5. The summed E-state index contributed by atoms with van der Waals surface area (Å²) < 4.78 is 2.70. The molecule has 3 nitrogen and oxygen atoms in total. The number of aromatic nitrogens is 1. The maximum atomic E-state index is 4.18. The summed E-state index contributed by atoms with van der Waals surface area (Å²) in [7, 11) is 0.841. The third-order valence-electron chi connectivity index (χ3n) is 17.3. The van der Waals surface area contributed by atoms with Gasteiger partial charge in [-0.15, -0.1) is 0 Å². The van der Waals surface area contributed by atoms with Crippen LogP contribution in [0.5, 0.6) is 0 Å². The van der Waals surface area contributed by atoms with Crippen LogP contribution < -0.4 is 21.1 Å². The molecule has 0 saturated carbocycles. The van der Waals surface area contributed by atoms with E-state index < -0.39 is 0 Å². The highest BCUT2D eigenvalue weighted by atomic mass is 15.1. The SMILES string of the molecule is CC1(C)CCC(C)(C)c2cc(Nc3cc(N(c4ccccc4)c4ccccc4)ccc3-c3c4c5c(c6ccccc36)c3ccc6ccccc6c3n5-c3cc5c(cc3B4)C(C)(C)CCC5(C)C)ccc21. The van der Waals surface area contributed by atoms with Crippen molar-refractivity contribution in [3.63, 3.8) is 0 Å². The summed E-state index contributed by atoms with van der Waals surface area (Å²) in [5, 5.41) is 12.0. The molecule has 1 aliphatic heterocycles. The second-order valence-corrected chi connectivity index (χ2v) is 23.5. The molecular formula is C66H62BN3. The first kappa shape index (κ1) is 43.0. The third-order valence-corrected chi connectivity index (χ3v) is 17.3. The summed E-state index contributed by atoms with van der Waals surface area (Å²) in [6, 6.07) is 64.3. The largest absolute Gasteiger partial charge is 0.355 e. The van der Waals surface area contributed by atoms with Crippen molar-refractivity contribution in [2.75, 3.05) is 10.2 Å². The molecule has 2 heterocycles. The van der Waals surface area contributed by atoms with Gasteiger partial charge in [0.25, 0.3) is 0 Å². The van der Waals surface area contributed by atoms with Crippen molar-refractivity contribution in [2.24, 2.45) is 0 Å². The number of nitrogens with one attached hydrogen (secondary N) is 1. The normalized spacial score (nSPS) is 16.9. The van der Waals surface area contributed by atoms with Gasteiger partial charge in [0.2, 0.25) is 0 Å². The van der Waals surface area contributed by atoms with Gasteiger partial charge in [0.15, 0.2) is 7.28 Å². The highest BCUT2D eigenvalue weighted by Gasteiger charge is 2.40. The molecular weight excluding hydrogens is 846 g/mol. The maximum Gasteiger partial charge on any atom is 0.198 e. The molecule has 0 radical (unpaired) electrons. The highest BCUT2D eigenvalue weighted by molar-refractivity contribution is 6.74. The van der Waals surface area contributed by atoms with Crippen LogP contribution >= 0.6 is 0 Å². The molecule has 1 aromatic heterocycles. The van der Waals surface area contributed by atoms with E-state index in [-0.39, 0.29) is 21.7 Å². The molecule has 4 heteroatoms. The van der Waals surface area contributed by atoms with Gasteiger partial charge >= 0.3 is 0 Å². The summed E-state index contributed by atoms with van der Waals surface area (Å²) in [5.41, 5.74) is 21.1. The van der Waals surface area contributed by atoms with Crippen molar-refractivity contribution >= 4 is 90.0 Å². The first-order chi connectivity index (χ1) is 33.7. The molecule has 0 amide bonds. The van der Waals surface area contributed by atoms with E-state index in [2.05, 4.69) is 240 Å². The van der Waals surface area contributed by atoms with E-state index in [4.69, 9.17) is 0 Å². The van der Waals surface area contributed by atoms with E-state index in [1.54, 1.807) is 0 Å². The summed E-state index contributed by atoms with van der Waals surface area (Å²) in [5.74, 6) is 0. The predicted octanol–water partition coefficient (Wildman–Crippen LogP) is 16.4. The fraction of sp³-hybridized carbons (Fsp3) is 0.242. The molecule has 344 valence electrons. The number of para-hydroxylation sites is 2. The molecule has 0 atom stereocenters. The van der Waals surface area contributed by atoms with Crippen molar-refractivity contribution in [3.05, 3.63) is 192 Å². The monoisotopic (exact) mass is 908 g/mol. The van der Waals surface area contributed by atoms with Crippen LogP contribution in [0.1, 0.15) is 103 Å². The van der Waals surface area contributed by atoms with Crippen molar-refractivity contribution in [3.8, 4) is 16.8 Å². The van der Waals surface area contributed by atoms with Gasteiger partial charge in [-0.05, 0) is 151 Å². The van der Waals surface area contributed by atoms with E-state index in [0.717, 1.165) is 42.1 Å². The Balaban J connectivity index is 1.14. The van der Waals surface area contributed by atoms with Crippen LogP contribution in [-0.4, -0.2) is 11.8 Å². The van der Waals surface area contributed by atoms with Gasteiger partial charge in [-0.3, -0.25) is 0 Å². The van der Waals surface area contributed by atoms with Gasteiger partial charge in [0.1, 0.15) is 0 Å². The Kier molecular flexibility index (Phi) is 9.36. The Bertz CT molecular complexity index is 3740. The number of rotatable bonds is 6. The van der Waals surface area contributed by atoms with Crippen LogP contribution in [0.3, 0.4) is 0 Å². The number of fused-ring (bicyclic) bond motifs is 11. The van der Waals surface area contributed by atoms with E-state index in [9.17, 15) is 0 Å². The Morgan fingerprint density at radius 2 is 1.03 bits per heavy atom. The molecule has 3 aliphatic rings. The smallest absolute Gasteiger partial charge is 0.198 e. The minimum Gasteiger partial charge on any atom is -0.355 e. The van der Waals surface area contributed by atoms with Crippen molar-refractivity contribution in [1.82, 2.24) is 4.57 Å². The van der Waals surface area contributed by atoms with Gasteiger partial charge in [-0.1, -0.05) is 176 Å². The third kappa shape index (κ3) is 6.48. The molecule has 0 fully saturated rings. The van der Waals surface area contributed by atoms with Crippen LogP contribution in [0.4, 0.5) is 28.4 Å². The second-order valence-electron chi connectivity index (χ2n) is 23.5. The Morgan fingerprint density at radius 3 is 1.70 bits per heavy atom. The molecule has 0 bridgehead atoms. The van der Waals surface area contributed by atoms with Crippen LogP contribution in [0.25, 0.3) is 60.2 Å². The zero-order chi connectivity index (χ0) is 47.9. The highest BCUT2D eigenvalue weighted by Crippen LogP contribution is 2.51. The van der Waals surface area contributed by atoms with Gasteiger partial charge < -0.3 is 14.8 Å². The lowest BCUT2D eigenvalue weighted by molar-refractivity contribution is 0.332. The lowest BCUT2D eigenvalue weighted by Crippen LogP contribution is -2.41. The average molecular weight is 908 g/mol. The lowest BCUT2D eigenvalue weighted by Gasteiger charge is -2.43. The zero-order valence-electron chi connectivity index (χ0n) is 42.1. The predicted molar refractivity (Wildman–Crippen MR) is 303 cm³/mol. The first-order valence-corrected chi connectivity index (χ1v) is 25.7. The van der Waals surface area contributed by atoms with Crippen molar-refractivity contribution in [2.45, 2.75) is 103 Å². The number of nitrogens with zero attached hydrogens (tertiary/aromatic N) is 2. The van der Waals surface area contributed by atoms with Crippen LogP contribution in [0, 0.1) is 0 Å². The van der Waals surface area contributed by atoms with E-state index in [1.165, 1.54) is 113 Å². The quantitative estimate of drug-likeness (QED) is 0.168. The molecule has 0 saturated heterocycles. The van der Waals surface area contributed by atoms with Crippen molar-refractivity contribution in [1.29, 1.82) is 0 Å². The second kappa shape index (κ2) is 15.2. The molecule has 0 spiro atoms. The molecule has 9 aromatic carbocycles. The van der Waals surface area contributed by atoms with Gasteiger partial charge in [0, 0.05) is 61.4 Å². The van der Waals surface area contributed by atoms with Crippen LogP contribution in [0.2, 0.25) is 0 Å². The van der Waals surface area contributed by atoms with Crippen LogP contribution in [-0.2, 0) is 21.7 Å². The van der Waals surface area contributed by atoms with E-state index >= 15 is 0 Å². The lowest BCUT2D eigenvalue weighted by atomic mass is 9.55. The molecule has 0 unspecified atom stereocenters. The van der Waals surface area contributed by atoms with E-state index in [0.29, 0.717) is 0 Å². The minimum atomic E-state index is 0.0734. The molecule has 13 rings (SSSR count). The Labute approximate surface area is 414 Å². The van der Waals surface area contributed by atoms with Crippen LogP contribution in [0.15, 0.2) is 170 Å². The van der Waals surface area contributed by atoms with Gasteiger partial charge in [0.05, 0.1) is 5.52 Å². The molecule has 1 N–H and O–H groups in total. The average Bonchev–Trinajstić information content (AvgIpc) is 3.72. The first-order valence-electron chi connectivity index (χ1n) is 25.7. The minimum absolute atomic E-state index is 0.0734. The fourth-order valence-corrected chi connectivity index (χ4v) is 13.1. The Morgan fingerprint density at radius 1 is 0.457 bits per heavy atom. The van der Waals surface area contributed by atoms with Gasteiger partial charge in [-0.25, -0.2) is 0 Å². The van der Waals surface area contributed by atoms with E-state index in [1.807, 2.05) is 0 Å². The Hall–Kier alpha value is -7.04.